The van der Waals surface area contributed by atoms with Crippen LogP contribution in [0.25, 0.3) is 0 Å². The Hall–Kier alpha value is -0.890. The van der Waals surface area contributed by atoms with Gasteiger partial charge < -0.3 is 14.8 Å². The van der Waals surface area contributed by atoms with Crippen molar-refractivity contribution in [2.24, 2.45) is 0 Å². The molecule has 0 atom stereocenters. The van der Waals surface area contributed by atoms with Crippen LogP contribution in [-0.2, 0) is 21.4 Å². The molecule has 0 saturated carbocycles. The summed E-state index contributed by atoms with van der Waals surface area (Å²) in [6.07, 6.45) is 1.37. The lowest BCUT2D eigenvalue weighted by Gasteiger charge is -2.15. The maximum absolute atomic E-state index is 11.9. The van der Waals surface area contributed by atoms with Gasteiger partial charge in [-0.2, -0.15) is 4.31 Å². The maximum Gasteiger partial charge on any atom is 0.244 e. The van der Waals surface area contributed by atoms with Crippen LogP contribution in [0.2, 0.25) is 0 Å². The van der Waals surface area contributed by atoms with E-state index in [-0.39, 0.29) is 11.5 Å². The van der Waals surface area contributed by atoms with Crippen molar-refractivity contribution in [1.82, 2.24) is 9.29 Å². The van der Waals surface area contributed by atoms with Crippen LogP contribution in [0.4, 0.5) is 0 Å². The van der Waals surface area contributed by atoms with Gasteiger partial charge in [-0.15, -0.1) is 0 Å². The maximum atomic E-state index is 11.9. The van der Waals surface area contributed by atoms with E-state index in [0.717, 1.165) is 0 Å². The zero-order valence-electron chi connectivity index (χ0n) is 9.30. The molecular formula is C9H16N2O4S. The van der Waals surface area contributed by atoms with Gasteiger partial charge in [0.15, 0.2) is 0 Å². The number of aliphatic hydroxyl groups excluding tert-OH is 1. The molecule has 1 aromatic heterocycles. The highest BCUT2D eigenvalue weighted by Crippen LogP contribution is 2.15. The van der Waals surface area contributed by atoms with Crippen LogP contribution in [0.3, 0.4) is 0 Å². The number of likely N-dealkylation sites (N-methyl/N-ethyl adjacent to an activating group) is 1. The van der Waals surface area contributed by atoms with Crippen molar-refractivity contribution in [3.05, 3.63) is 18.0 Å². The van der Waals surface area contributed by atoms with Crippen molar-refractivity contribution in [2.75, 3.05) is 27.3 Å². The number of hydrogen-bond acceptors (Lipinski definition) is 4. The Balaban J connectivity index is 2.84. The molecule has 0 aromatic carbocycles. The van der Waals surface area contributed by atoms with Crippen molar-refractivity contribution >= 4 is 10.0 Å². The molecule has 2 N–H and O–H groups in total. The lowest BCUT2D eigenvalue weighted by molar-refractivity contribution is 0.185. The lowest BCUT2D eigenvalue weighted by atomic mass is 10.5. The van der Waals surface area contributed by atoms with Gasteiger partial charge in [-0.05, 0) is 6.07 Å². The van der Waals surface area contributed by atoms with Gasteiger partial charge in [0.05, 0.1) is 18.1 Å². The molecule has 1 aromatic rings. The van der Waals surface area contributed by atoms with Gasteiger partial charge >= 0.3 is 0 Å². The summed E-state index contributed by atoms with van der Waals surface area (Å²) in [5, 5.41) is 8.84. The Labute approximate surface area is 94.9 Å². The largest absolute Gasteiger partial charge is 0.390 e. The molecule has 0 unspecified atom stereocenters. The molecule has 16 heavy (non-hydrogen) atoms. The summed E-state index contributed by atoms with van der Waals surface area (Å²) in [5.41, 5.74) is 0.471. The SMILES string of the molecule is COCCN(C)S(=O)(=O)c1c[nH]c(CO)c1. The second kappa shape index (κ2) is 5.44. The van der Waals surface area contributed by atoms with E-state index in [1.54, 1.807) is 0 Å². The number of H-pyrrole nitrogens is 1. The highest BCUT2D eigenvalue weighted by molar-refractivity contribution is 7.89. The van der Waals surface area contributed by atoms with Crippen molar-refractivity contribution < 1.29 is 18.3 Å². The smallest absolute Gasteiger partial charge is 0.244 e. The molecular weight excluding hydrogens is 232 g/mol. The average molecular weight is 248 g/mol. The van der Waals surface area contributed by atoms with Gasteiger partial charge in [0.1, 0.15) is 0 Å². The minimum atomic E-state index is -3.49. The number of methoxy groups -OCH3 is 1. The number of sulfonamides is 1. The molecule has 0 fully saturated rings. The molecule has 92 valence electrons. The fourth-order valence-corrected chi connectivity index (χ4v) is 2.35. The normalized spacial score (nSPS) is 12.2. The third kappa shape index (κ3) is 2.82. The van der Waals surface area contributed by atoms with Gasteiger partial charge in [-0.25, -0.2) is 8.42 Å². The zero-order valence-corrected chi connectivity index (χ0v) is 10.1. The average Bonchev–Trinajstić information content (AvgIpc) is 2.74. The van der Waals surface area contributed by atoms with Crippen LogP contribution in [0.5, 0.6) is 0 Å². The molecule has 0 bridgehead atoms. The van der Waals surface area contributed by atoms with Crippen molar-refractivity contribution in [2.45, 2.75) is 11.5 Å². The molecule has 1 heterocycles. The molecule has 0 aliphatic rings. The third-order valence-electron chi connectivity index (χ3n) is 2.21. The summed E-state index contributed by atoms with van der Waals surface area (Å²) in [7, 11) is -0.489. The first-order valence-corrected chi connectivity index (χ1v) is 6.19. The first kappa shape index (κ1) is 13.2. The van der Waals surface area contributed by atoms with Gasteiger partial charge in [0, 0.05) is 32.6 Å². The van der Waals surface area contributed by atoms with E-state index in [9.17, 15) is 8.42 Å². The molecule has 0 spiro atoms. The minimum absolute atomic E-state index is 0.148. The van der Waals surface area contributed by atoms with E-state index in [2.05, 4.69) is 4.98 Å². The van der Waals surface area contributed by atoms with E-state index in [1.165, 1.54) is 30.7 Å². The first-order chi connectivity index (χ1) is 7.52. The van der Waals surface area contributed by atoms with Gasteiger partial charge in [0.2, 0.25) is 10.0 Å². The van der Waals surface area contributed by atoms with Crippen molar-refractivity contribution in [1.29, 1.82) is 0 Å². The Morgan fingerprint density at radius 2 is 2.25 bits per heavy atom. The fraction of sp³-hybridized carbons (Fsp3) is 0.556. The summed E-state index contributed by atoms with van der Waals surface area (Å²) in [6.45, 7) is 0.419. The summed E-state index contributed by atoms with van der Waals surface area (Å²) >= 11 is 0. The number of rotatable bonds is 6. The molecule has 6 nitrogen and oxygen atoms in total. The molecule has 1 rings (SSSR count). The van der Waals surface area contributed by atoms with E-state index in [0.29, 0.717) is 18.8 Å². The van der Waals surface area contributed by atoms with Gasteiger partial charge in [-0.1, -0.05) is 0 Å². The van der Waals surface area contributed by atoms with Crippen molar-refractivity contribution in [3.63, 3.8) is 0 Å². The molecule has 0 saturated heterocycles. The Bertz CT molecular complexity index is 426. The topological polar surface area (TPSA) is 82.6 Å². The predicted octanol–water partition coefficient (Wildman–Crippen LogP) is -0.226. The number of nitrogens with one attached hydrogen (secondary N) is 1. The summed E-state index contributed by atoms with van der Waals surface area (Å²) < 4.78 is 29.9. The Morgan fingerprint density at radius 1 is 1.56 bits per heavy atom. The second-order valence-electron chi connectivity index (χ2n) is 3.34. The molecule has 0 amide bonds. The highest BCUT2D eigenvalue weighted by Gasteiger charge is 2.21. The van der Waals surface area contributed by atoms with Crippen LogP contribution >= 0.6 is 0 Å². The van der Waals surface area contributed by atoms with E-state index >= 15 is 0 Å². The molecule has 0 radical (unpaired) electrons. The second-order valence-corrected chi connectivity index (χ2v) is 5.38. The van der Waals surface area contributed by atoms with Crippen LogP contribution < -0.4 is 0 Å². The molecule has 7 heteroatoms. The third-order valence-corrected chi connectivity index (χ3v) is 4.04. The van der Waals surface area contributed by atoms with E-state index in [4.69, 9.17) is 9.84 Å². The lowest BCUT2D eigenvalue weighted by Crippen LogP contribution is -2.29. The number of aliphatic hydroxyl groups is 1. The standard InChI is InChI=1S/C9H16N2O4S/c1-11(3-4-15-2)16(13,14)9-5-8(7-12)10-6-9/h5-6,10,12H,3-4,7H2,1-2H3. The monoisotopic (exact) mass is 248 g/mol. The number of nitrogens with zero attached hydrogens (tertiary/aromatic N) is 1. The van der Waals surface area contributed by atoms with Gasteiger partial charge in [0.25, 0.3) is 0 Å². The van der Waals surface area contributed by atoms with Crippen molar-refractivity contribution in [3.8, 4) is 0 Å². The summed E-state index contributed by atoms with van der Waals surface area (Å²) in [6, 6.07) is 1.42. The molecule has 0 aliphatic carbocycles. The van der Waals surface area contributed by atoms with Gasteiger partial charge in [-0.3, -0.25) is 0 Å². The minimum Gasteiger partial charge on any atom is -0.390 e. The number of aromatic amines is 1. The predicted molar refractivity (Wildman–Crippen MR) is 58.4 cm³/mol. The first-order valence-electron chi connectivity index (χ1n) is 4.75. The van der Waals surface area contributed by atoms with E-state index in [1.807, 2.05) is 0 Å². The van der Waals surface area contributed by atoms with E-state index < -0.39 is 10.0 Å². The van der Waals surface area contributed by atoms with Crippen LogP contribution in [0, 0.1) is 0 Å². The summed E-state index contributed by atoms with van der Waals surface area (Å²) in [4.78, 5) is 2.83. The number of hydrogen-bond donors (Lipinski definition) is 2. The highest BCUT2D eigenvalue weighted by atomic mass is 32.2. The van der Waals surface area contributed by atoms with Crippen LogP contribution in [0.15, 0.2) is 17.2 Å². The quantitative estimate of drug-likeness (QED) is 0.728. The van der Waals surface area contributed by atoms with Crippen LogP contribution in [-0.4, -0.2) is 50.1 Å². The molecule has 0 aliphatic heterocycles. The zero-order chi connectivity index (χ0) is 12.2. The fourth-order valence-electron chi connectivity index (χ4n) is 1.18. The number of ether oxygens (including phenoxy) is 1. The van der Waals surface area contributed by atoms with Crippen LogP contribution in [0.1, 0.15) is 5.69 Å². The summed E-state index contributed by atoms with van der Waals surface area (Å²) in [5.74, 6) is 0. The number of aromatic nitrogens is 1. The Morgan fingerprint density at radius 3 is 2.75 bits per heavy atom. The Kier molecular flexibility index (Phi) is 4.48.